The molecule has 0 spiro atoms. The van der Waals surface area contributed by atoms with E-state index in [2.05, 4.69) is 10.1 Å². The maximum absolute atomic E-state index is 5.95. The van der Waals surface area contributed by atoms with Gasteiger partial charge >= 0.3 is 0 Å². The van der Waals surface area contributed by atoms with Crippen LogP contribution in [0.1, 0.15) is 36.7 Å². The van der Waals surface area contributed by atoms with Crippen LogP contribution in [-0.2, 0) is 11.2 Å². The number of methoxy groups -OCH3 is 1. The molecule has 1 aromatic carbocycles. The highest BCUT2D eigenvalue weighted by Gasteiger charge is 2.14. The van der Waals surface area contributed by atoms with Gasteiger partial charge in [-0.15, -0.1) is 0 Å². The molecule has 1 heterocycles. The average Bonchev–Trinajstić information content (AvgIpc) is 2.97. The number of rotatable bonds is 8. The fourth-order valence-electron chi connectivity index (χ4n) is 1.84. The Hall–Kier alpha value is -1.92. The van der Waals surface area contributed by atoms with Gasteiger partial charge in [0.1, 0.15) is 5.75 Å². The molecule has 114 valence electrons. The lowest BCUT2D eigenvalue weighted by atomic mass is 10.1. The first kappa shape index (κ1) is 15.5. The molecule has 0 bridgehead atoms. The molecule has 0 aliphatic heterocycles. The van der Waals surface area contributed by atoms with Crippen LogP contribution in [-0.4, -0.2) is 30.5 Å². The topological polar surface area (TPSA) is 83.4 Å². The van der Waals surface area contributed by atoms with Crippen molar-refractivity contribution in [2.24, 2.45) is 5.73 Å². The molecule has 0 aliphatic rings. The molecular formula is C15H21N3O3. The minimum Gasteiger partial charge on any atom is -0.497 e. The van der Waals surface area contributed by atoms with Crippen molar-refractivity contribution in [3.63, 3.8) is 0 Å². The Morgan fingerprint density at radius 2 is 2.05 bits per heavy atom. The van der Waals surface area contributed by atoms with E-state index in [1.54, 1.807) is 7.11 Å². The van der Waals surface area contributed by atoms with Crippen molar-refractivity contribution in [3.05, 3.63) is 41.5 Å². The van der Waals surface area contributed by atoms with Gasteiger partial charge in [0.05, 0.1) is 26.2 Å². The van der Waals surface area contributed by atoms with Gasteiger partial charge in [0, 0.05) is 6.61 Å². The fourth-order valence-corrected chi connectivity index (χ4v) is 1.84. The first-order valence-corrected chi connectivity index (χ1v) is 7.01. The van der Waals surface area contributed by atoms with Gasteiger partial charge in [-0.3, -0.25) is 0 Å². The minimum absolute atomic E-state index is 0.357. The van der Waals surface area contributed by atoms with Crippen molar-refractivity contribution in [2.75, 3.05) is 20.3 Å². The number of nitrogens with zero attached hydrogens (tertiary/aromatic N) is 2. The highest BCUT2D eigenvalue weighted by atomic mass is 16.5. The molecule has 2 rings (SSSR count). The molecule has 0 aliphatic carbocycles. The normalized spacial score (nSPS) is 12.3. The van der Waals surface area contributed by atoms with E-state index >= 15 is 0 Å². The van der Waals surface area contributed by atoms with Gasteiger partial charge in [-0.1, -0.05) is 24.2 Å². The second-order valence-corrected chi connectivity index (χ2v) is 4.75. The van der Waals surface area contributed by atoms with E-state index in [0.29, 0.717) is 31.3 Å². The predicted octanol–water partition coefficient (Wildman–Crippen LogP) is 2.10. The standard InChI is InChI=1S/C15H21N3O3/c1-3-8-20-10-13(16)15-17-14(21-18-15)9-11-4-6-12(19-2)7-5-11/h4-7,13H,3,8-10,16H2,1-2H3. The molecule has 0 radical (unpaired) electrons. The van der Waals surface area contributed by atoms with E-state index in [1.165, 1.54) is 0 Å². The number of ether oxygens (including phenoxy) is 2. The van der Waals surface area contributed by atoms with Gasteiger partial charge in [0.25, 0.3) is 0 Å². The molecule has 1 atom stereocenters. The third kappa shape index (κ3) is 4.54. The SMILES string of the molecule is CCCOCC(N)c1noc(Cc2ccc(OC)cc2)n1. The Morgan fingerprint density at radius 1 is 1.29 bits per heavy atom. The molecule has 6 nitrogen and oxygen atoms in total. The van der Waals surface area contributed by atoms with Crippen LogP contribution in [0.3, 0.4) is 0 Å². The third-order valence-electron chi connectivity index (χ3n) is 2.98. The first-order chi connectivity index (χ1) is 10.2. The van der Waals surface area contributed by atoms with Crippen molar-refractivity contribution < 1.29 is 14.0 Å². The van der Waals surface area contributed by atoms with E-state index in [4.69, 9.17) is 19.7 Å². The molecule has 0 saturated carbocycles. The molecular weight excluding hydrogens is 270 g/mol. The van der Waals surface area contributed by atoms with Crippen LogP contribution >= 0.6 is 0 Å². The van der Waals surface area contributed by atoms with Crippen molar-refractivity contribution in [1.82, 2.24) is 10.1 Å². The minimum atomic E-state index is -0.357. The molecule has 6 heteroatoms. The number of hydrogen-bond acceptors (Lipinski definition) is 6. The molecule has 0 amide bonds. The van der Waals surface area contributed by atoms with Crippen LogP contribution in [0.2, 0.25) is 0 Å². The number of nitrogens with two attached hydrogens (primary N) is 1. The molecule has 21 heavy (non-hydrogen) atoms. The van der Waals surface area contributed by atoms with E-state index in [1.807, 2.05) is 31.2 Å². The second-order valence-electron chi connectivity index (χ2n) is 4.75. The third-order valence-corrected chi connectivity index (χ3v) is 2.98. The second kappa shape index (κ2) is 7.75. The van der Waals surface area contributed by atoms with E-state index < -0.39 is 0 Å². The van der Waals surface area contributed by atoms with Gasteiger partial charge in [0.15, 0.2) is 5.82 Å². The largest absolute Gasteiger partial charge is 0.497 e. The number of hydrogen-bond donors (Lipinski definition) is 1. The van der Waals surface area contributed by atoms with Crippen LogP contribution in [0.5, 0.6) is 5.75 Å². The highest BCUT2D eigenvalue weighted by Crippen LogP contribution is 2.15. The molecule has 1 unspecified atom stereocenters. The molecule has 2 N–H and O–H groups in total. The summed E-state index contributed by atoms with van der Waals surface area (Å²) in [6.45, 7) is 3.13. The predicted molar refractivity (Wildman–Crippen MR) is 78.1 cm³/mol. The van der Waals surface area contributed by atoms with Crippen molar-refractivity contribution in [3.8, 4) is 5.75 Å². The monoisotopic (exact) mass is 291 g/mol. The summed E-state index contributed by atoms with van der Waals surface area (Å²) in [6, 6.07) is 7.37. The zero-order valence-electron chi connectivity index (χ0n) is 12.4. The summed E-state index contributed by atoms with van der Waals surface area (Å²) in [5, 5.41) is 3.91. The fraction of sp³-hybridized carbons (Fsp3) is 0.467. The van der Waals surface area contributed by atoms with Crippen molar-refractivity contribution >= 4 is 0 Å². The summed E-state index contributed by atoms with van der Waals surface area (Å²) in [4.78, 5) is 4.31. The molecule has 0 saturated heterocycles. The molecule has 1 aromatic heterocycles. The summed E-state index contributed by atoms with van der Waals surface area (Å²) in [5.74, 6) is 1.84. The van der Waals surface area contributed by atoms with Crippen molar-refractivity contribution in [2.45, 2.75) is 25.8 Å². The maximum atomic E-state index is 5.95. The highest BCUT2D eigenvalue weighted by molar-refractivity contribution is 5.28. The Bertz CT molecular complexity index is 539. The van der Waals surface area contributed by atoms with Crippen LogP contribution in [0.25, 0.3) is 0 Å². The Morgan fingerprint density at radius 3 is 2.71 bits per heavy atom. The maximum Gasteiger partial charge on any atom is 0.231 e. The lowest BCUT2D eigenvalue weighted by Crippen LogP contribution is -2.18. The molecule has 2 aromatic rings. The van der Waals surface area contributed by atoms with Gasteiger partial charge in [-0.25, -0.2) is 0 Å². The quantitative estimate of drug-likeness (QED) is 0.750. The van der Waals surface area contributed by atoms with Crippen molar-refractivity contribution in [1.29, 1.82) is 0 Å². The Balaban J connectivity index is 1.92. The average molecular weight is 291 g/mol. The van der Waals surface area contributed by atoms with Gasteiger partial charge in [-0.05, 0) is 24.1 Å². The zero-order valence-corrected chi connectivity index (χ0v) is 12.4. The smallest absolute Gasteiger partial charge is 0.231 e. The Kier molecular flexibility index (Phi) is 5.71. The summed E-state index contributed by atoms with van der Waals surface area (Å²) in [7, 11) is 1.64. The zero-order chi connectivity index (χ0) is 15.1. The van der Waals surface area contributed by atoms with Crippen LogP contribution in [0.4, 0.5) is 0 Å². The lowest BCUT2D eigenvalue weighted by molar-refractivity contribution is 0.119. The summed E-state index contributed by atoms with van der Waals surface area (Å²) < 4.78 is 15.7. The summed E-state index contributed by atoms with van der Waals surface area (Å²) >= 11 is 0. The molecule has 0 fully saturated rings. The van der Waals surface area contributed by atoms with Crippen LogP contribution < -0.4 is 10.5 Å². The number of aromatic nitrogens is 2. The van der Waals surface area contributed by atoms with Crippen LogP contribution in [0.15, 0.2) is 28.8 Å². The van der Waals surface area contributed by atoms with E-state index in [-0.39, 0.29) is 6.04 Å². The van der Waals surface area contributed by atoms with Gasteiger partial charge in [-0.2, -0.15) is 4.98 Å². The van der Waals surface area contributed by atoms with Gasteiger partial charge < -0.3 is 19.7 Å². The van der Waals surface area contributed by atoms with E-state index in [0.717, 1.165) is 17.7 Å². The van der Waals surface area contributed by atoms with Crippen LogP contribution in [0, 0.1) is 0 Å². The summed E-state index contributed by atoms with van der Waals surface area (Å²) in [6.07, 6.45) is 1.53. The lowest BCUT2D eigenvalue weighted by Gasteiger charge is -2.06. The number of benzene rings is 1. The Labute approximate surface area is 124 Å². The van der Waals surface area contributed by atoms with Gasteiger partial charge in [0.2, 0.25) is 5.89 Å². The summed E-state index contributed by atoms with van der Waals surface area (Å²) in [5.41, 5.74) is 7.02. The van der Waals surface area contributed by atoms with E-state index in [9.17, 15) is 0 Å². The first-order valence-electron chi connectivity index (χ1n) is 7.01.